The van der Waals surface area contributed by atoms with Crippen LogP contribution in [0, 0.1) is 0 Å². The fourth-order valence-corrected chi connectivity index (χ4v) is 2.43. The van der Waals surface area contributed by atoms with E-state index < -0.39 is 0 Å². The quantitative estimate of drug-likeness (QED) is 0.748. The van der Waals surface area contributed by atoms with Crippen LogP contribution in [0.5, 0.6) is 0 Å². The molecular formula is C14H23N3O. The smallest absolute Gasteiger partial charge is 0.248 e. The van der Waals surface area contributed by atoms with Crippen LogP contribution in [0.1, 0.15) is 31.4 Å². The molecule has 2 rings (SSSR count). The third kappa shape index (κ3) is 4.63. The molecule has 1 fully saturated rings. The molecule has 18 heavy (non-hydrogen) atoms. The molecule has 0 bridgehead atoms. The molecule has 2 N–H and O–H groups in total. The number of nitrogens with one attached hydrogen (secondary N) is 2. The Balaban J connectivity index is 1.57. The van der Waals surface area contributed by atoms with E-state index in [0.717, 1.165) is 18.8 Å². The number of H-pyrrole nitrogens is 1. The van der Waals surface area contributed by atoms with Crippen molar-refractivity contribution in [2.45, 2.75) is 32.2 Å². The minimum atomic E-state index is -0.0254. The van der Waals surface area contributed by atoms with E-state index in [-0.39, 0.29) is 5.56 Å². The summed E-state index contributed by atoms with van der Waals surface area (Å²) in [7, 11) is 0. The molecule has 1 aliphatic heterocycles. The van der Waals surface area contributed by atoms with Crippen LogP contribution in [0.2, 0.25) is 0 Å². The molecule has 0 aliphatic carbocycles. The molecule has 0 unspecified atom stereocenters. The predicted octanol–water partition coefficient (Wildman–Crippen LogP) is 1.34. The standard InChI is InChI=1S/C14H23N3O/c18-14-7-4-6-13(16-14)12-15-8-5-11-17-9-2-1-3-10-17/h4,6-7,15H,1-3,5,8-12H2,(H,16,18). The Hall–Kier alpha value is -1.13. The number of likely N-dealkylation sites (tertiary alicyclic amines) is 1. The molecule has 4 nitrogen and oxygen atoms in total. The molecule has 100 valence electrons. The van der Waals surface area contributed by atoms with E-state index in [1.807, 2.05) is 6.07 Å². The molecule has 4 heteroatoms. The number of piperidine rings is 1. The van der Waals surface area contributed by atoms with Gasteiger partial charge in [0.1, 0.15) is 0 Å². The lowest BCUT2D eigenvalue weighted by Crippen LogP contribution is -2.32. The van der Waals surface area contributed by atoms with E-state index in [2.05, 4.69) is 15.2 Å². The Kier molecular flexibility index (Phi) is 5.42. The lowest BCUT2D eigenvalue weighted by molar-refractivity contribution is 0.225. The van der Waals surface area contributed by atoms with E-state index in [1.165, 1.54) is 45.3 Å². The predicted molar refractivity (Wildman–Crippen MR) is 73.7 cm³/mol. The maximum absolute atomic E-state index is 11.1. The van der Waals surface area contributed by atoms with E-state index in [0.29, 0.717) is 0 Å². The summed E-state index contributed by atoms with van der Waals surface area (Å²) in [6.07, 6.45) is 5.30. The number of pyridine rings is 1. The van der Waals surface area contributed by atoms with Crippen LogP contribution in [0.15, 0.2) is 23.0 Å². The summed E-state index contributed by atoms with van der Waals surface area (Å²) in [4.78, 5) is 16.5. The fraction of sp³-hybridized carbons (Fsp3) is 0.643. The van der Waals surface area contributed by atoms with Gasteiger partial charge in [-0.3, -0.25) is 4.79 Å². The number of hydrogen-bond acceptors (Lipinski definition) is 3. The molecule has 1 aromatic rings. The van der Waals surface area contributed by atoms with Crippen LogP contribution in [0.25, 0.3) is 0 Å². The maximum Gasteiger partial charge on any atom is 0.248 e. The van der Waals surface area contributed by atoms with Gasteiger partial charge in [0.15, 0.2) is 0 Å². The van der Waals surface area contributed by atoms with Crippen molar-refractivity contribution in [3.8, 4) is 0 Å². The first-order chi connectivity index (χ1) is 8.84. The lowest BCUT2D eigenvalue weighted by atomic mass is 10.1. The number of aromatic nitrogens is 1. The van der Waals surface area contributed by atoms with Gasteiger partial charge in [-0.2, -0.15) is 0 Å². The van der Waals surface area contributed by atoms with Crippen molar-refractivity contribution >= 4 is 0 Å². The van der Waals surface area contributed by atoms with Crippen molar-refractivity contribution in [2.75, 3.05) is 26.2 Å². The molecule has 0 spiro atoms. The molecule has 0 radical (unpaired) electrons. The normalized spacial score (nSPS) is 16.9. The molecule has 2 heterocycles. The first-order valence-corrected chi connectivity index (χ1v) is 6.96. The Morgan fingerprint density at radius 3 is 2.83 bits per heavy atom. The minimum absolute atomic E-state index is 0.0254. The molecule has 0 atom stereocenters. The van der Waals surface area contributed by atoms with Crippen molar-refractivity contribution in [2.24, 2.45) is 0 Å². The molecular weight excluding hydrogens is 226 g/mol. The second kappa shape index (κ2) is 7.34. The van der Waals surface area contributed by atoms with Gasteiger partial charge >= 0.3 is 0 Å². The highest BCUT2D eigenvalue weighted by molar-refractivity contribution is 5.03. The monoisotopic (exact) mass is 249 g/mol. The number of rotatable bonds is 6. The average molecular weight is 249 g/mol. The van der Waals surface area contributed by atoms with Gasteiger partial charge in [-0.05, 0) is 51.5 Å². The third-order valence-electron chi connectivity index (χ3n) is 3.42. The molecule has 1 aromatic heterocycles. The topological polar surface area (TPSA) is 48.1 Å². The Morgan fingerprint density at radius 1 is 1.22 bits per heavy atom. The number of nitrogens with zero attached hydrogens (tertiary/aromatic N) is 1. The molecule has 1 aliphatic rings. The Bertz CT molecular complexity index is 396. The second-order valence-electron chi connectivity index (χ2n) is 4.97. The summed E-state index contributed by atoms with van der Waals surface area (Å²) in [5.74, 6) is 0. The van der Waals surface area contributed by atoms with Crippen molar-refractivity contribution in [3.05, 3.63) is 34.2 Å². The highest BCUT2D eigenvalue weighted by Crippen LogP contribution is 2.08. The summed E-state index contributed by atoms with van der Waals surface area (Å²) >= 11 is 0. The van der Waals surface area contributed by atoms with Crippen LogP contribution in [0.4, 0.5) is 0 Å². The van der Waals surface area contributed by atoms with E-state index >= 15 is 0 Å². The van der Waals surface area contributed by atoms with Crippen molar-refractivity contribution < 1.29 is 0 Å². The second-order valence-corrected chi connectivity index (χ2v) is 4.97. The summed E-state index contributed by atoms with van der Waals surface area (Å²) < 4.78 is 0. The van der Waals surface area contributed by atoms with Gasteiger partial charge in [-0.1, -0.05) is 12.5 Å². The zero-order chi connectivity index (χ0) is 12.6. The van der Waals surface area contributed by atoms with Gasteiger partial charge in [0.05, 0.1) is 0 Å². The van der Waals surface area contributed by atoms with Crippen molar-refractivity contribution in [1.29, 1.82) is 0 Å². The fourth-order valence-electron chi connectivity index (χ4n) is 2.43. The molecule has 0 saturated carbocycles. The third-order valence-corrected chi connectivity index (χ3v) is 3.42. The lowest BCUT2D eigenvalue weighted by Gasteiger charge is -2.26. The molecule has 0 amide bonds. The first-order valence-electron chi connectivity index (χ1n) is 6.96. The first kappa shape index (κ1) is 13.3. The van der Waals surface area contributed by atoms with Crippen LogP contribution < -0.4 is 10.9 Å². The Labute approximate surface area is 108 Å². The van der Waals surface area contributed by atoms with Crippen LogP contribution in [-0.4, -0.2) is 36.1 Å². The van der Waals surface area contributed by atoms with Gasteiger partial charge in [-0.15, -0.1) is 0 Å². The van der Waals surface area contributed by atoms with Gasteiger partial charge in [0.2, 0.25) is 5.56 Å². The van der Waals surface area contributed by atoms with Crippen molar-refractivity contribution in [3.63, 3.8) is 0 Å². The van der Waals surface area contributed by atoms with Gasteiger partial charge in [0, 0.05) is 18.3 Å². The molecule has 1 saturated heterocycles. The summed E-state index contributed by atoms with van der Waals surface area (Å²) in [5.41, 5.74) is 0.933. The van der Waals surface area contributed by atoms with Gasteiger partial charge < -0.3 is 15.2 Å². The van der Waals surface area contributed by atoms with Gasteiger partial charge in [0.25, 0.3) is 0 Å². The van der Waals surface area contributed by atoms with E-state index in [9.17, 15) is 4.79 Å². The molecule has 0 aromatic carbocycles. The average Bonchev–Trinajstić information content (AvgIpc) is 2.40. The maximum atomic E-state index is 11.1. The summed E-state index contributed by atoms with van der Waals surface area (Å²) in [6.45, 7) is 5.49. The summed E-state index contributed by atoms with van der Waals surface area (Å²) in [5, 5.41) is 3.37. The van der Waals surface area contributed by atoms with E-state index in [4.69, 9.17) is 0 Å². The van der Waals surface area contributed by atoms with Gasteiger partial charge in [-0.25, -0.2) is 0 Å². The largest absolute Gasteiger partial charge is 0.325 e. The van der Waals surface area contributed by atoms with Crippen molar-refractivity contribution in [1.82, 2.24) is 15.2 Å². The number of hydrogen-bond donors (Lipinski definition) is 2. The minimum Gasteiger partial charge on any atom is -0.325 e. The zero-order valence-corrected chi connectivity index (χ0v) is 11.0. The summed E-state index contributed by atoms with van der Waals surface area (Å²) in [6, 6.07) is 5.28. The Morgan fingerprint density at radius 2 is 2.06 bits per heavy atom. The highest BCUT2D eigenvalue weighted by Gasteiger charge is 2.08. The zero-order valence-electron chi connectivity index (χ0n) is 11.0. The highest BCUT2D eigenvalue weighted by atomic mass is 16.1. The van der Waals surface area contributed by atoms with E-state index in [1.54, 1.807) is 12.1 Å². The van der Waals surface area contributed by atoms with Crippen LogP contribution >= 0.6 is 0 Å². The van der Waals surface area contributed by atoms with Crippen LogP contribution in [-0.2, 0) is 6.54 Å². The van der Waals surface area contributed by atoms with Crippen LogP contribution in [0.3, 0.4) is 0 Å². The number of aromatic amines is 1. The SMILES string of the molecule is O=c1cccc(CNCCCN2CCCCC2)[nH]1.